The second-order valence-corrected chi connectivity index (χ2v) is 4.53. The van der Waals surface area contributed by atoms with Crippen molar-refractivity contribution in [1.82, 2.24) is 4.90 Å². The Labute approximate surface area is 113 Å². The lowest BCUT2D eigenvalue weighted by Gasteiger charge is -2.25. The number of amides is 1. The molecule has 0 bridgehead atoms. The maximum absolute atomic E-state index is 12.2. The zero-order valence-electron chi connectivity index (χ0n) is 11.2. The molecule has 19 heavy (non-hydrogen) atoms. The number of nitriles is 2. The molecule has 2 unspecified atom stereocenters. The summed E-state index contributed by atoms with van der Waals surface area (Å²) >= 11 is 0. The Hall–Kier alpha value is -2.33. The highest BCUT2D eigenvalue weighted by Gasteiger charge is 2.24. The van der Waals surface area contributed by atoms with Crippen molar-refractivity contribution in [3.8, 4) is 12.1 Å². The predicted molar refractivity (Wildman–Crippen MR) is 71.7 cm³/mol. The number of nitrogens with zero attached hydrogens (tertiary/aromatic N) is 3. The van der Waals surface area contributed by atoms with Gasteiger partial charge in [0.25, 0.3) is 0 Å². The Morgan fingerprint density at radius 3 is 2.47 bits per heavy atom. The van der Waals surface area contributed by atoms with Crippen molar-refractivity contribution in [2.75, 3.05) is 7.05 Å². The average molecular weight is 255 g/mol. The summed E-state index contributed by atoms with van der Waals surface area (Å²) in [6.45, 7) is 1.80. The third-order valence-electron chi connectivity index (χ3n) is 3.13. The van der Waals surface area contributed by atoms with Gasteiger partial charge in [0, 0.05) is 13.1 Å². The molecule has 0 aliphatic rings. The number of carbonyl (C=O) groups excluding carboxylic acids is 1. The van der Waals surface area contributed by atoms with Gasteiger partial charge in [-0.25, -0.2) is 0 Å². The molecule has 4 heteroatoms. The number of benzene rings is 1. The quantitative estimate of drug-likeness (QED) is 0.809. The van der Waals surface area contributed by atoms with Crippen molar-refractivity contribution in [1.29, 1.82) is 10.5 Å². The highest BCUT2D eigenvalue weighted by molar-refractivity contribution is 5.81. The van der Waals surface area contributed by atoms with E-state index in [-0.39, 0.29) is 18.4 Å². The minimum absolute atomic E-state index is 0.177. The van der Waals surface area contributed by atoms with Crippen LogP contribution in [0.2, 0.25) is 0 Å². The Morgan fingerprint density at radius 1 is 1.32 bits per heavy atom. The molecule has 0 fully saturated rings. The van der Waals surface area contributed by atoms with Crippen LogP contribution in [-0.4, -0.2) is 23.9 Å². The van der Waals surface area contributed by atoms with E-state index < -0.39 is 5.92 Å². The van der Waals surface area contributed by atoms with Gasteiger partial charge in [-0.2, -0.15) is 10.5 Å². The van der Waals surface area contributed by atoms with Crippen molar-refractivity contribution in [2.24, 2.45) is 5.92 Å². The lowest BCUT2D eigenvalue weighted by atomic mass is 9.98. The lowest BCUT2D eigenvalue weighted by Crippen LogP contribution is -2.39. The van der Waals surface area contributed by atoms with Gasteiger partial charge in [0.2, 0.25) is 5.91 Å². The van der Waals surface area contributed by atoms with Crippen LogP contribution in [0.15, 0.2) is 30.3 Å². The Bertz CT molecular complexity index is 498. The molecule has 0 aliphatic carbocycles. The van der Waals surface area contributed by atoms with Gasteiger partial charge >= 0.3 is 0 Å². The molecule has 0 radical (unpaired) electrons. The molecule has 0 spiro atoms. The second kappa shape index (κ2) is 7.18. The number of hydrogen-bond donors (Lipinski definition) is 0. The Morgan fingerprint density at radius 2 is 1.95 bits per heavy atom. The van der Waals surface area contributed by atoms with Gasteiger partial charge < -0.3 is 4.90 Å². The molecular weight excluding hydrogens is 238 g/mol. The molecule has 1 aromatic carbocycles. The van der Waals surface area contributed by atoms with Crippen LogP contribution in [0.3, 0.4) is 0 Å². The van der Waals surface area contributed by atoms with E-state index in [4.69, 9.17) is 10.5 Å². The first-order valence-corrected chi connectivity index (χ1v) is 6.17. The van der Waals surface area contributed by atoms with Gasteiger partial charge in [-0.3, -0.25) is 4.79 Å². The van der Waals surface area contributed by atoms with Gasteiger partial charge in [-0.05, 0) is 18.9 Å². The minimum Gasteiger partial charge on any atom is -0.341 e. The molecule has 4 nitrogen and oxygen atoms in total. The van der Waals surface area contributed by atoms with Gasteiger partial charge in [0.15, 0.2) is 0 Å². The molecule has 0 saturated carbocycles. The summed E-state index contributed by atoms with van der Waals surface area (Å²) in [5.74, 6) is -0.928. The monoisotopic (exact) mass is 255 g/mol. The predicted octanol–water partition coefficient (Wildman–Crippen LogP) is 2.13. The fourth-order valence-electron chi connectivity index (χ4n) is 1.77. The highest BCUT2D eigenvalue weighted by Crippen LogP contribution is 2.13. The molecular formula is C15H17N3O. The average Bonchev–Trinajstić information content (AvgIpc) is 2.44. The zero-order chi connectivity index (χ0) is 14.3. The van der Waals surface area contributed by atoms with E-state index in [0.717, 1.165) is 5.56 Å². The third kappa shape index (κ3) is 4.12. The van der Waals surface area contributed by atoms with Gasteiger partial charge in [0.05, 0.1) is 18.6 Å². The zero-order valence-corrected chi connectivity index (χ0v) is 11.2. The van der Waals surface area contributed by atoms with Crippen LogP contribution in [0, 0.1) is 28.6 Å². The van der Waals surface area contributed by atoms with Crippen molar-refractivity contribution in [3.63, 3.8) is 0 Å². The summed E-state index contributed by atoms with van der Waals surface area (Å²) in [5, 5.41) is 17.8. The molecule has 0 aliphatic heterocycles. The molecule has 0 aromatic heterocycles. The lowest BCUT2D eigenvalue weighted by molar-refractivity contribution is -0.134. The molecule has 0 N–H and O–H groups in total. The first-order chi connectivity index (χ1) is 9.10. The van der Waals surface area contributed by atoms with Crippen LogP contribution in [0.5, 0.6) is 0 Å². The number of hydrogen-bond acceptors (Lipinski definition) is 3. The summed E-state index contributed by atoms with van der Waals surface area (Å²) in [7, 11) is 1.64. The minimum atomic E-state index is -0.700. The molecule has 1 amide bonds. The molecule has 98 valence electrons. The van der Waals surface area contributed by atoms with E-state index in [1.165, 1.54) is 4.90 Å². The number of carbonyl (C=O) groups is 1. The van der Waals surface area contributed by atoms with E-state index in [0.29, 0.717) is 6.42 Å². The van der Waals surface area contributed by atoms with Crippen LogP contribution in [0.4, 0.5) is 0 Å². The highest BCUT2D eigenvalue weighted by atomic mass is 16.2. The smallest absolute Gasteiger partial charge is 0.240 e. The van der Waals surface area contributed by atoms with Crippen LogP contribution in [0.25, 0.3) is 0 Å². The van der Waals surface area contributed by atoms with E-state index in [1.807, 2.05) is 36.4 Å². The molecule has 0 saturated heterocycles. The first kappa shape index (κ1) is 14.7. The van der Waals surface area contributed by atoms with Crippen molar-refractivity contribution < 1.29 is 4.79 Å². The van der Waals surface area contributed by atoms with Crippen LogP contribution >= 0.6 is 0 Å². The van der Waals surface area contributed by atoms with Gasteiger partial charge in [0.1, 0.15) is 5.92 Å². The van der Waals surface area contributed by atoms with Crippen LogP contribution in [0.1, 0.15) is 18.9 Å². The summed E-state index contributed by atoms with van der Waals surface area (Å²) in [6.07, 6.45) is 0.672. The van der Waals surface area contributed by atoms with Crippen molar-refractivity contribution in [3.05, 3.63) is 35.9 Å². The molecule has 0 heterocycles. The maximum atomic E-state index is 12.2. The standard InChI is InChI=1S/C15H17N3O/c1-12(8-9-16)18(2)15(19)14(11-17)10-13-6-4-3-5-7-13/h3-7,12,14H,8,10H2,1-2H3. The molecule has 1 rings (SSSR count). The normalized spacial score (nSPS) is 12.8. The Kier molecular flexibility index (Phi) is 5.57. The summed E-state index contributed by atoms with van der Waals surface area (Å²) in [4.78, 5) is 13.7. The fraction of sp³-hybridized carbons (Fsp3) is 0.400. The maximum Gasteiger partial charge on any atom is 0.240 e. The summed E-state index contributed by atoms with van der Waals surface area (Å²) < 4.78 is 0. The van der Waals surface area contributed by atoms with E-state index in [9.17, 15) is 4.79 Å². The van der Waals surface area contributed by atoms with Crippen LogP contribution in [-0.2, 0) is 11.2 Å². The third-order valence-corrected chi connectivity index (χ3v) is 3.13. The van der Waals surface area contributed by atoms with Gasteiger partial charge in [-0.15, -0.1) is 0 Å². The molecule has 1 aromatic rings. The van der Waals surface area contributed by atoms with E-state index in [2.05, 4.69) is 6.07 Å². The second-order valence-electron chi connectivity index (χ2n) is 4.53. The van der Waals surface area contributed by atoms with Crippen LogP contribution < -0.4 is 0 Å². The SMILES string of the molecule is CC(CC#N)N(C)C(=O)C(C#N)Cc1ccccc1. The van der Waals surface area contributed by atoms with Crippen molar-refractivity contribution in [2.45, 2.75) is 25.8 Å². The largest absolute Gasteiger partial charge is 0.341 e. The van der Waals surface area contributed by atoms with Gasteiger partial charge in [-0.1, -0.05) is 30.3 Å². The van der Waals surface area contributed by atoms with E-state index >= 15 is 0 Å². The first-order valence-electron chi connectivity index (χ1n) is 6.17. The van der Waals surface area contributed by atoms with Crippen molar-refractivity contribution >= 4 is 5.91 Å². The Balaban J connectivity index is 2.73. The van der Waals surface area contributed by atoms with E-state index in [1.54, 1.807) is 14.0 Å². The molecule has 2 atom stereocenters. The fourth-order valence-corrected chi connectivity index (χ4v) is 1.77. The summed E-state index contributed by atoms with van der Waals surface area (Å²) in [5.41, 5.74) is 0.962. The summed E-state index contributed by atoms with van der Waals surface area (Å²) in [6, 6.07) is 13.4. The topological polar surface area (TPSA) is 67.9 Å². The number of rotatable bonds is 5.